The fourth-order valence-corrected chi connectivity index (χ4v) is 1.79. The molecule has 0 amide bonds. The molecule has 0 saturated carbocycles. The molecule has 0 fully saturated rings. The Labute approximate surface area is 103 Å². The number of nitrogens with one attached hydrogen (secondary N) is 1. The van der Waals surface area contributed by atoms with Gasteiger partial charge < -0.3 is 4.57 Å². The molecule has 2 rings (SSSR count). The molecule has 1 aromatic heterocycles. The van der Waals surface area contributed by atoms with E-state index in [4.69, 9.17) is 5.84 Å². The van der Waals surface area contributed by atoms with Crippen molar-refractivity contribution in [2.45, 2.75) is 12.5 Å². The second-order valence-corrected chi connectivity index (χ2v) is 4.09. The molecule has 0 aliphatic rings. The molecule has 0 aliphatic carbocycles. The molecule has 2 aromatic rings. The van der Waals surface area contributed by atoms with Gasteiger partial charge >= 0.3 is 0 Å². The smallest absolute Gasteiger partial charge is 0.129 e. The molecule has 1 aromatic carbocycles. The Kier molecular flexibility index (Phi) is 3.69. The largest absolute Gasteiger partial charge is 0.340 e. The van der Waals surface area contributed by atoms with Crippen molar-refractivity contribution in [3.05, 3.63) is 53.6 Å². The van der Waals surface area contributed by atoms with Gasteiger partial charge in [-0.1, -0.05) is 6.07 Å². The molecule has 4 nitrogen and oxygen atoms in total. The van der Waals surface area contributed by atoms with E-state index in [-0.39, 0.29) is 12.0 Å². The Morgan fingerprint density at radius 1 is 1.39 bits per heavy atom. The van der Waals surface area contributed by atoms with Crippen LogP contribution >= 0.6 is 0 Å². The second-order valence-electron chi connectivity index (χ2n) is 4.09. The average Bonchev–Trinajstić information content (AvgIpc) is 2.76. The molecule has 0 saturated heterocycles. The summed E-state index contributed by atoms with van der Waals surface area (Å²) in [6.07, 6.45) is 3.46. The lowest BCUT2D eigenvalue weighted by molar-refractivity contribution is 0.494. The molecule has 1 heterocycles. The molecule has 1 atom stereocenters. The van der Waals surface area contributed by atoms with Gasteiger partial charge in [0.25, 0.3) is 0 Å². The van der Waals surface area contributed by atoms with Gasteiger partial charge in [0.15, 0.2) is 0 Å². The summed E-state index contributed by atoms with van der Waals surface area (Å²) in [5.74, 6) is 4.26. The third kappa shape index (κ3) is 2.55. The molecule has 3 N–H and O–H groups in total. The van der Waals surface area contributed by atoms with Crippen LogP contribution in [0, 0.1) is 11.6 Å². The SMILES string of the molecule is Cn1cnc(C(Cc2c(F)cccc2F)NN)c1. The van der Waals surface area contributed by atoms with Gasteiger partial charge in [-0.2, -0.15) is 0 Å². The first-order valence-electron chi connectivity index (χ1n) is 5.48. The minimum atomic E-state index is -0.578. The van der Waals surface area contributed by atoms with Crippen molar-refractivity contribution >= 4 is 0 Å². The zero-order chi connectivity index (χ0) is 13.1. The number of rotatable bonds is 4. The maximum atomic E-state index is 13.5. The number of imidazole rings is 1. The van der Waals surface area contributed by atoms with Crippen molar-refractivity contribution in [2.75, 3.05) is 0 Å². The Morgan fingerprint density at radius 2 is 2.06 bits per heavy atom. The van der Waals surface area contributed by atoms with E-state index in [2.05, 4.69) is 10.4 Å². The van der Waals surface area contributed by atoms with Crippen molar-refractivity contribution in [1.29, 1.82) is 0 Å². The highest BCUT2D eigenvalue weighted by molar-refractivity contribution is 5.22. The van der Waals surface area contributed by atoms with Gasteiger partial charge in [-0.05, 0) is 12.1 Å². The van der Waals surface area contributed by atoms with Crippen LogP contribution in [0.3, 0.4) is 0 Å². The number of benzene rings is 1. The van der Waals surface area contributed by atoms with E-state index in [0.29, 0.717) is 5.69 Å². The number of hydrogen-bond donors (Lipinski definition) is 2. The van der Waals surface area contributed by atoms with Crippen LogP contribution < -0.4 is 11.3 Å². The van der Waals surface area contributed by atoms with E-state index in [1.807, 2.05) is 7.05 Å². The molecule has 0 radical (unpaired) electrons. The third-order valence-electron chi connectivity index (χ3n) is 2.75. The number of aryl methyl sites for hydroxylation is 1. The summed E-state index contributed by atoms with van der Waals surface area (Å²) in [5, 5.41) is 0. The fourth-order valence-electron chi connectivity index (χ4n) is 1.79. The lowest BCUT2D eigenvalue weighted by Gasteiger charge is -2.14. The molecule has 1 unspecified atom stereocenters. The second kappa shape index (κ2) is 5.24. The molecule has 0 bridgehead atoms. The molecular formula is C12H14F2N4. The van der Waals surface area contributed by atoms with Crippen molar-refractivity contribution < 1.29 is 8.78 Å². The zero-order valence-corrected chi connectivity index (χ0v) is 9.90. The Bertz CT molecular complexity index is 518. The molecular weight excluding hydrogens is 238 g/mol. The lowest BCUT2D eigenvalue weighted by Crippen LogP contribution is -2.30. The van der Waals surface area contributed by atoms with Crippen molar-refractivity contribution in [1.82, 2.24) is 15.0 Å². The zero-order valence-electron chi connectivity index (χ0n) is 9.90. The number of nitrogens with two attached hydrogens (primary N) is 1. The first-order chi connectivity index (χ1) is 8.61. The minimum absolute atomic E-state index is 0.00565. The van der Waals surface area contributed by atoms with Crippen molar-refractivity contribution in [3.63, 3.8) is 0 Å². The lowest BCUT2D eigenvalue weighted by atomic mass is 10.0. The standard InChI is InChI=1S/C12H14F2N4/c1-18-6-12(16-7-18)11(17-15)5-8-9(13)3-2-4-10(8)14/h2-4,6-7,11,17H,5,15H2,1H3. The molecule has 18 heavy (non-hydrogen) atoms. The van der Waals surface area contributed by atoms with E-state index < -0.39 is 17.7 Å². The maximum absolute atomic E-state index is 13.5. The van der Waals surface area contributed by atoms with Gasteiger partial charge in [0.2, 0.25) is 0 Å². The van der Waals surface area contributed by atoms with Crippen LogP contribution in [0.4, 0.5) is 8.78 Å². The van der Waals surface area contributed by atoms with E-state index in [1.54, 1.807) is 17.1 Å². The van der Waals surface area contributed by atoms with Crippen LogP contribution in [-0.4, -0.2) is 9.55 Å². The monoisotopic (exact) mass is 252 g/mol. The van der Waals surface area contributed by atoms with Crippen LogP contribution in [0.2, 0.25) is 0 Å². The molecule has 0 aliphatic heterocycles. The summed E-state index contributed by atoms with van der Waals surface area (Å²) in [5.41, 5.74) is 3.17. The highest BCUT2D eigenvalue weighted by Crippen LogP contribution is 2.20. The first-order valence-corrected chi connectivity index (χ1v) is 5.48. The van der Waals surface area contributed by atoms with Crippen molar-refractivity contribution in [2.24, 2.45) is 12.9 Å². The molecule has 0 spiro atoms. The Morgan fingerprint density at radius 3 is 2.56 bits per heavy atom. The van der Waals surface area contributed by atoms with Crippen LogP contribution in [0.15, 0.2) is 30.7 Å². The Balaban J connectivity index is 2.26. The fraction of sp³-hybridized carbons (Fsp3) is 0.250. The van der Waals surface area contributed by atoms with Gasteiger partial charge in [0.05, 0.1) is 18.1 Å². The molecule has 6 heteroatoms. The summed E-state index contributed by atoms with van der Waals surface area (Å²) in [7, 11) is 1.81. The molecule has 96 valence electrons. The number of halogens is 2. The van der Waals surface area contributed by atoms with E-state index in [9.17, 15) is 8.78 Å². The number of hydrazine groups is 1. The summed E-state index contributed by atoms with van der Waals surface area (Å²) < 4.78 is 28.8. The minimum Gasteiger partial charge on any atom is -0.340 e. The highest BCUT2D eigenvalue weighted by Gasteiger charge is 2.18. The highest BCUT2D eigenvalue weighted by atomic mass is 19.1. The van der Waals surface area contributed by atoms with Gasteiger partial charge in [-0.25, -0.2) is 13.8 Å². The van der Waals surface area contributed by atoms with Gasteiger partial charge in [-0.3, -0.25) is 11.3 Å². The van der Waals surface area contributed by atoms with Crippen molar-refractivity contribution in [3.8, 4) is 0 Å². The summed E-state index contributed by atoms with van der Waals surface area (Å²) in [6, 6.07) is 3.35. The van der Waals surface area contributed by atoms with Crippen LogP contribution in [0.5, 0.6) is 0 Å². The van der Waals surface area contributed by atoms with Crippen LogP contribution in [0.1, 0.15) is 17.3 Å². The predicted molar refractivity (Wildman–Crippen MR) is 63.3 cm³/mol. The maximum Gasteiger partial charge on any atom is 0.129 e. The van der Waals surface area contributed by atoms with Gasteiger partial charge in [0, 0.05) is 25.2 Å². The van der Waals surface area contributed by atoms with Crippen LogP contribution in [0.25, 0.3) is 0 Å². The topological polar surface area (TPSA) is 55.9 Å². The van der Waals surface area contributed by atoms with E-state index >= 15 is 0 Å². The number of nitrogens with zero attached hydrogens (tertiary/aromatic N) is 2. The average molecular weight is 252 g/mol. The summed E-state index contributed by atoms with van der Waals surface area (Å²) >= 11 is 0. The Hall–Kier alpha value is -1.79. The van der Waals surface area contributed by atoms with E-state index in [0.717, 1.165) is 0 Å². The summed E-state index contributed by atoms with van der Waals surface area (Å²) in [4.78, 5) is 4.12. The number of aromatic nitrogens is 2. The normalized spacial score (nSPS) is 12.7. The van der Waals surface area contributed by atoms with Crippen LogP contribution in [-0.2, 0) is 13.5 Å². The van der Waals surface area contributed by atoms with Gasteiger partial charge in [-0.15, -0.1) is 0 Å². The quantitative estimate of drug-likeness (QED) is 0.639. The third-order valence-corrected chi connectivity index (χ3v) is 2.75. The number of hydrogen-bond acceptors (Lipinski definition) is 3. The predicted octanol–water partition coefficient (Wildman–Crippen LogP) is 1.45. The van der Waals surface area contributed by atoms with E-state index in [1.165, 1.54) is 18.2 Å². The first kappa shape index (κ1) is 12.7. The summed E-state index contributed by atoms with van der Waals surface area (Å²) in [6.45, 7) is 0. The van der Waals surface area contributed by atoms with Gasteiger partial charge in [0.1, 0.15) is 11.6 Å².